The van der Waals surface area contributed by atoms with E-state index in [1.807, 2.05) is 75.7 Å². The summed E-state index contributed by atoms with van der Waals surface area (Å²) in [6.07, 6.45) is 0.603. The summed E-state index contributed by atoms with van der Waals surface area (Å²) in [6, 6.07) is 14.9. The standard InChI is InChI=1S/C26H29N5O2S/c1-15-12-16(2)18(4)25(17(15)3)34(32,33)30-21-10-11-23-22(14-21)29-24(31(23)5)13-19-6-8-20(9-7-19)26(27)28/h6-12,14,30H,13H2,1-5H3,(H3,27,28). The van der Waals surface area contributed by atoms with Crippen LogP contribution in [-0.4, -0.2) is 23.8 Å². The molecular formula is C26H29N5O2S. The van der Waals surface area contributed by atoms with Crippen LogP contribution in [0.25, 0.3) is 11.0 Å². The van der Waals surface area contributed by atoms with Gasteiger partial charge in [0.05, 0.1) is 21.6 Å². The van der Waals surface area contributed by atoms with Crippen LogP contribution in [0.15, 0.2) is 53.4 Å². The lowest BCUT2D eigenvalue weighted by atomic mass is 10.0. The van der Waals surface area contributed by atoms with Crippen LogP contribution in [-0.2, 0) is 23.5 Å². The summed E-state index contributed by atoms with van der Waals surface area (Å²) < 4.78 is 31.4. The first kappa shape index (κ1) is 23.5. The van der Waals surface area contributed by atoms with Crippen molar-refractivity contribution in [1.82, 2.24) is 9.55 Å². The number of benzene rings is 3. The highest BCUT2D eigenvalue weighted by Gasteiger charge is 2.22. The molecule has 176 valence electrons. The first-order chi connectivity index (χ1) is 16.0. The van der Waals surface area contributed by atoms with Crippen molar-refractivity contribution in [2.75, 3.05) is 4.72 Å². The Hall–Kier alpha value is -3.65. The molecule has 0 aliphatic carbocycles. The highest BCUT2D eigenvalue weighted by Crippen LogP contribution is 2.29. The molecule has 0 aliphatic heterocycles. The smallest absolute Gasteiger partial charge is 0.262 e. The molecule has 0 radical (unpaired) electrons. The third kappa shape index (κ3) is 4.28. The Morgan fingerprint density at radius 2 is 1.62 bits per heavy atom. The van der Waals surface area contributed by atoms with Gasteiger partial charge in [-0.05, 0) is 73.7 Å². The van der Waals surface area contributed by atoms with Gasteiger partial charge < -0.3 is 10.3 Å². The number of aryl methyl sites for hydroxylation is 3. The van der Waals surface area contributed by atoms with E-state index in [1.165, 1.54) is 0 Å². The van der Waals surface area contributed by atoms with Crippen molar-refractivity contribution in [1.29, 1.82) is 5.41 Å². The number of anilines is 1. The van der Waals surface area contributed by atoms with Crippen LogP contribution >= 0.6 is 0 Å². The lowest BCUT2D eigenvalue weighted by Gasteiger charge is -2.16. The topological polar surface area (TPSA) is 114 Å². The summed E-state index contributed by atoms with van der Waals surface area (Å²) >= 11 is 0. The van der Waals surface area contributed by atoms with E-state index in [9.17, 15) is 8.42 Å². The summed E-state index contributed by atoms with van der Waals surface area (Å²) in [6.45, 7) is 7.53. The van der Waals surface area contributed by atoms with Crippen molar-refractivity contribution >= 4 is 32.6 Å². The average molecular weight is 476 g/mol. The third-order valence-electron chi connectivity index (χ3n) is 6.42. The predicted molar refractivity (Wildman–Crippen MR) is 137 cm³/mol. The summed E-state index contributed by atoms with van der Waals surface area (Å²) in [7, 11) is -1.82. The van der Waals surface area contributed by atoms with Gasteiger partial charge in [0.25, 0.3) is 10.0 Å². The zero-order valence-corrected chi connectivity index (χ0v) is 20.8. The van der Waals surface area contributed by atoms with Gasteiger partial charge in [0.2, 0.25) is 0 Å². The van der Waals surface area contributed by atoms with Gasteiger partial charge in [-0.1, -0.05) is 30.3 Å². The molecule has 34 heavy (non-hydrogen) atoms. The largest absolute Gasteiger partial charge is 0.384 e. The van der Waals surface area contributed by atoms with Gasteiger partial charge in [-0.2, -0.15) is 0 Å². The van der Waals surface area contributed by atoms with Gasteiger partial charge in [0.15, 0.2) is 0 Å². The van der Waals surface area contributed by atoms with Crippen molar-refractivity contribution in [2.45, 2.75) is 39.0 Å². The maximum Gasteiger partial charge on any atom is 0.262 e. The maximum absolute atomic E-state index is 13.3. The number of aromatic nitrogens is 2. The zero-order chi connectivity index (χ0) is 24.8. The zero-order valence-electron chi connectivity index (χ0n) is 20.0. The Labute approximate surface area is 200 Å². The molecule has 0 atom stereocenters. The van der Waals surface area contributed by atoms with Crippen molar-refractivity contribution in [3.63, 3.8) is 0 Å². The van der Waals surface area contributed by atoms with E-state index in [4.69, 9.17) is 16.1 Å². The summed E-state index contributed by atoms with van der Waals surface area (Å²) in [5.41, 5.74) is 12.8. The fraction of sp³-hybridized carbons (Fsp3) is 0.231. The molecule has 8 heteroatoms. The number of hydrogen-bond acceptors (Lipinski definition) is 4. The summed E-state index contributed by atoms with van der Waals surface area (Å²) in [5.74, 6) is 0.891. The Bertz CT molecular complexity index is 1510. The van der Waals surface area contributed by atoms with Gasteiger partial charge in [-0.3, -0.25) is 10.1 Å². The fourth-order valence-corrected chi connectivity index (χ4v) is 5.91. The molecular weight excluding hydrogens is 446 g/mol. The van der Waals surface area contributed by atoms with Crippen LogP contribution in [0.3, 0.4) is 0 Å². The first-order valence-corrected chi connectivity index (χ1v) is 12.4. The molecule has 0 spiro atoms. The molecule has 7 nitrogen and oxygen atoms in total. The first-order valence-electron chi connectivity index (χ1n) is 11.0. The fourth-order valence-electron chi connectivity index (χ4n) is 4.25. The summed E-state index contributed by atoms with van der Waals surface area (Å²) in [4.78, 5) is 5.09. The van der Waals surface area contributed by atoms with E-state index in [0.29, 0.717) is 28.1 Å². The quantitative estimate of drug-likeness (QED) is 0.282. The van der Waals surface area contributed by atoms with Crippen LogP contribution in [0.4, 0.5) is 5.69 Å². The van der Waals surface area contributed by atoms with Crippen molar-refractivity contribution < 1.29 is 8.42 Å². The minimum atomic E-state index is -3.76. The molecule has 0 saturated carbocycles. The number of nitrogens with zero attached hydrogens (tertiary/aromatic N) is 2. The molecule has 1 aromatic heterocycles. The number of fused-ring (bicyclic) bond motifs is 1. The number of sulfonamides is 1. The van der Waals surface area contributed by atoms with E-state index in [2.05, 4.69) is 4.72 Å². The molecule has 0 amide bonds. The van der Waals surface area contributed by atoms with E-state index >= 15 is 0 Å². The van der Waals surface area contributed by atoms with Gasteiger partial charge in [0, 0.05) is 19.0 Å². The molecule has 1 heterocycles. The van der Waals surface area contributed by atoms with Crippen LogP contribution in [0.1, 0.15) is 39.2 Å². The normalized spacial score (nSPS) is 11.7. The second kappa shape index (κ2) is 8.61. The minimum absolute atomic E-state index is 0.0375. The van der Waals surface area contributed by atoms with Crippen molar-refractivity contribution in [3.05, 3.63) is 87.7 Å². The Kier molecular flexibility index (Phi) is 5.95. The molecule has 4 aromatic rings. The Balaban J connectivity index is 1.65. The molecule has 0 fully saturated rings. The molecule has 3 aromatic carbocycles. The van der Waals surface area contributed by atoms with Crippen molar-refractivity contribution in [2.24, 2.45) is 12.8 Å². The van der Waals surface area contributed by atoms with Crippen LogP contribution < -0.4 is 10.5 Å². The number of nitrogen functional groups attached to an aromatic ring is 1. The molecule has 0 aliphatic rings. The maximum atomic E-state index is 13.3. The van der Waals surface area contributed by atoms with E-state index in [1.54, 1.807) is 12.1 Å². The Morgan fingerprint density at radius 1 is 1.00 bits per heavy atom. The van der Waals surface area contributed by atoms with Gasteiger partial charge in [-0.15, -0.1) is 0 Å². The Morgan fingerprint density at radius 3 is 2.21 bits per heavy atom. The van der Waals surface area contributed by atoms with Gasteiger partial charge >= 0.3 is 0 Å². The minimum Gasteiger partial charge on any atom is -0.384 e. The molecule has 4 N–H and O–H groups in total. The van der Waals surface area contributed by atoms with Crippen LogP contribution in [0, 0.1) is 33.1 Å². The number of rotatable bonds is 6. The van der Waals surface area contributed by atoms with Crippen LogP contribution in [0.2, 0.25) is 0 Å². The highest BCUT2D eigenvalue weighted by atomic mass is 32.2. The molecule has 4 rings (SSSR count). The number of amidine groups is 1. The second-order valence-corrected chi connectivity index (χ2v) is 10.4. The number of imidazole rings is 1. The van der Waals surface area contributed by atoms with Crippen LogP contribution in [0.5, 0.6) is 0 Å². The molecule has 0 bridgehead atoms. The molecule has 0 saturated heterocycles. The monoisotopic (exact) mass is 475 g/mol. The molecule has 0 unspecified atom stereocenters. The lowest BCUT2D eigenvalue weighted by Crippen LogP contribution is -2.17. The van der Waals surface area contributed by atoms with Gasteiger partial charge in [-0.25, -0.2) is 13.4 Å². The van der Waals surface area contributed by atoms with E-state index in [0.717, 1.165) is 39.2 Å². The number of nitrogens with two attached hydrogens (primary N) is 1. The second-order valence-electron chi connectivity index (χ2n) is 8.77. The predicted octanol–water partition coefficient (Wildman–Crippen LogP) is 4.48. The summed E-state index contributed by atoms with van der Waals surface area (Å²) in [5, 5.41) is 7.53. The lowest BCUT2D eigenvalue weighted by molar-refractivity contribution is 0.599. The van der Waals surface area contributed by atoms with Gasteiger partial charge in [0.1, 0.15) is 11.7 Å². The average Bonchev–Trinajstić information content (AvgIpc) is 3.07. The highest BCUT2D eigenvalue weighted by molar-refractivity contribution is 7.92. The number of nitrogens with one attached hydrogen (secondary N) is 2. The SMILES string of the molecule is Cc1cc(C)c(C)c(S(=O)(=O)Nc2ccc3c(c2)nc(Cc2ccc(C(=N)N)cc2)n3C)c1C. The van der Waals surface area contributed by atoms with Crippen molar-refractivity contribution in [3.8, 4) is 0 Å². The van der Waals surface area contributed by atoms with E-state index < -0.39 is 10.0 Å². The van der Waals surface area contributed by atoms with E-state index in [-0.39, 0.29) is 5.84 Å². The third-order valence-corrected chi connectivity index (χ3v) is 8.07. The number of hydrogen-bond donors (Lipinski definition) is 3.